The lowest BCUT2D eigenvalue weighted by Crippen LogP contribution is -1.94. The van der Waals surface area contributed by atoms with Crippen LogP contribution in [0.2, 0.25) is 0 Å². The summed E-state index contributed by atoms with van der Waals surface area (Å²) in [5.41, 5.74) is 1.32. The fourth-order valence-electron chi connectivity index (χ4n) is 2.95. The van der Waals surface area contributed by atoms with E-state index in [2.05, 4.69) is 20.3 Å². The summed E-state index contributed by atoms with van der Waals surface area (Å²) in [6.07, 6.45) is 0. The van der Waals surface area contributed by atoms with Crippen molar-refractivity contribution in [1.29, 1.82) is 0 Å². The predicted molar refractivity (Wildman–Crippen MR) is 97.7 cm³/mol. The standard InChI is InChI=1S/C19H14N4O6/c1-24-13-5-3-4-11(15(13)25-2)17-21-19(29-23-17)18-20-16(22-28-18)10-6-7-12-14(8-10)27-9-26-12/h3-8H,9H2,1-2H3. The highest BCUT2D eigenvalue weighted by Gasteiger charge is 2.22. The van der Waals surface area contributed by atoms with Crippen molar-refractivity contribution >= 4 is 0 Å². The van der Waals surface area contributed by atoms with Gasteiger partial charge >= 0.3 is 11.8 Å². The number of nitrogens with zero attached hydrogens (tertiary/aromatic N) is 4. The van der Waals surface area contributed by atoms with Gasteiger partial charge in [-0.1, -0.05) is 16.4 Å². The van der Waals surface area contributed by atoms with E-state index in [9.17, 15) is 0 Å². The van der Waals surface area contributed by atoms with Crippen LogP contribution in [0.15, 0.2) is 45.4 Å². The molecule has 0 atom stereocenters. The molecule has 0 unspecified atom stereocenters. The van der Waals surface area contributed by atoms with E-state index in [1.54, 1.807) is 37.4 Å². The highest BCUT2D eigenvalue weighted by Crippen LogP contribution is 2.38. The Balaban J connectivity index is 1.46. The molecular formula is C19H14N4O6. The van der Waals surface area contributed by atoms with E-state index in [-0.39, 0.29) is 18.6 Å². The Kier molecular flexibility index (Phi) is 4.01. The fraction of sp³-hybridized carbons (Fsp3) is 0.158. The van der Waals surface area contributed by atoms with Gasteiger partial charge in [-0.3, -0.25) is 0 Å². The third kappa shape index (κ3) is 2.90. The minimum absolute atomic E-state index is 0.0874. The smallest absolute Gasteiger partial charge is 0.316 e. The molecule has 10 nitrogen and oxygen atoms in total. The zero-order chi connectivity index (χ0) is 19.8. The second kappa shape index (κ2) is 6.82. The molecule has 0 saturated heterocycles. The molecule has 0 saturated carbocycles. The van der Waals surface area contributed by atoms with Crippen molar-refractivity contribution in [2.75, 3.05) is 21.0 Å². The van der Waals surface area contributed by atoms with Crippen LogP contribution in [-0.4, -0.2) is 41.3 Å². The lowest BCUT2D eigenvalue weighted by Gasteiger charge is -2.09. The van der Waals surface area contributed by atoms with Crippen LogP contribution in [0, 0.1) is 0 Å². The normalized spacial score (nSPS) is 12.2. The molecule has 146 valence electrons. The van der Waals surface area contributed by atoms with E-state index < -0.39 is 0 Å². The van der Waals surface area contributed by atoms with Gasteiger partial charge in [-0.25, -0.2) is 0 Å². The number of aromatic nitrogens is 4. The monoisotopic (exact) mass is 394 g/mol. The predicted octanol–water partition coefficient (Wildman–Crippen LogP) is 3.20. The Hall–Kier alpha value is -4.08. The van der Waals surface area contributed by atoms with Gasteiger partial charge in [-0.2, -0.15) is 9.97 Å². The molecule has 0 aliphatic carbocycles. The van der Waals surface area contributed by atoms with Crippen molar-refractivity contribution in [2.24, 2.45) is 0 Å². The van der Waals surface area contributed by atoms with Gasteiger partial charge in [-0.05, 0) is 30.3 Å². The van der Waals surface area contributed by atoms with Crippen LogP contribution >= 0.6 is 0 Å². The summed E-state index contributed by atoms with van der Waals surface area (Å²) in [6.45, 7) is 0.189. The summed E-state index contributed by atoms with van der Waals surface area (Å²) >= 11 is 0. The Morgan fingerprint density at radius 1 is 0.828 bits per heavy atom. The molecule has 1 aliphatic heterocycles. The summed E-state index contributed by atoms with van der Waals surface area (Å²) in [5.74, 6) is 3.19. The zero-order valence-corrected chi connectivity index (χ0v) is 15.4. The van der Waals surface area contributed by atoms with E-state index in [1.165, 1.54) is 7.11 Å². The Morgan fingerprint density at radius 3 is 2.38 bits per heavy atom. The number of hydrogen-bond donors (Lipinski definition) is 0. The zero-order valence-electron chi connectivity index (χ0n) is 15.4. The summed E-state index contributed by atoms with van der Waals surface area (Å²) in [5, 5.41) is 7.97. The van der Waals surface area contributed by atoms with Gasteiger partial charge in [0.25, 0.3) is 0 Å². The molecule has 0 amide bonds. The topological polar surface area (TPSA) is 115 Å². The van der Waals surface area contributed by atoms with Crippen LogP contribution in [-0.2, 0) is 0 Å². The van der Waals surface area contributed by atoms with E-state index in [0.29, 0.717) is 45.8 Å². The molecule has 1 aliphatic rings. The number of methoxy groups -OCH3 is 2. The van der Waals surface area contributed by atoms with Gasteiger partial charge < -0.3 is 28.0 Å². The Labute approximate surface area is 164 Å². The molecule has 0 radical (unpaired) electrons. The Bertz CT molecular complexity index is 1190. The second-order valence-electron chi connectivity index (χ2n) is 5.96. The maximum Gasteiger partial charge on any atom is 0.316 e. The Morgan fingerprint density at radius 2 is 1.59 bits per heavy atom. The molecule has 0 spiro atoms. The number of hydrogen-bond acceptors (Lipinski definition) is 10. The number of benzene rings is 2. The third-order valence-electron chi connectivity index (χ3n) is 4.31. The van der Waals surface area contributed by atoms with Gasteiger partial charge in [0.2, 0.25) is 18.4 Å². The van der Waals surface area contributed by atoms with E-state index in [4.69, 9.17) is 28.0 Å². The van der Waals surface area contributed by atoms with Crippen molar-refractivity contribution in [2.45, 2.75) is 0 Å². The van der Waals surface area contributed by atoms with Crippen molar-refractivity contribution in [3.63, 3.8) is 0 Å². The third-order valence-corrected chi connectivity index (χ3v) is 4.31. The number of ether oxygens (including phenoxy) is 4. The summed E-state index contributed by atoms with van der Waals surface area (Å²) in [4.78, 5) is 8.68. The fourth-order valence-corrected chi connectivity index (χ4v) is 2.95. The summed E-state index contributed by atoms with van der Waals surface area (Å²) in [6, 6.07) is 10.7. The molecule has 29 heavy (non-hydrogen) atoms. The highest BCUT2D eigenvalue weighted by atomic mass is 16.7. The average molecular weight is 394 g/mol. The SMILES string of the molecule is COc1cccc(-c2noc(-c3nc(-c4ccc5c(c4)OCO5)no3)n2)c1OC. The van der Waals surface area contributed by atoms with Crippen LogP contribution < -0.4 is 18.9 Å². The average Bonchev–Trinajstić information content (AvgIpc) is 3.52. The first-order valence-electron chi connectivity index (χ1n) is 8.56. The van der Waals surface area contributed by atoms with E-state index in [0.717, 1.165) is 0 Å². The quantitative estimate of drug-likeness (QED) is 0.500. The van der Waals surface area contributed by atoms with Gasteiger partial charge in [0.05, 0.1) is 19.8 Å². The van der Waals surface area contributed by atoms with Crippen LogP contribution in [0.25, 0.3) is 34.6 Å². The van der Waals surface area contributed by atoms with E-state index >= 15 is 0 Å². The maximum absolute atomic E-state index is 5.42. The molecule has 0 N–H and O–H groups in total. The first-order chi connectivity index (χ1) is 14.3. The highest BCUT2D eigenvalue weighted by molar-refractivity contribution is 5.69. The van der Waals surface area contributed by atoms with Gasteiger partial charge in [0, 0.05) is 5.56 Å². The minimum Gasteiger partial charge on any atom is -0.493 e. The molecule has 0 bridgehead atoms. The van der Waals surface area contributed by atoms with E-state index in [1.807, 2.05) is 6.07 Å². The molecule has 4 aromatic rings. The first-order valence-corrected chi connectivity index (χ1v) is 8.56. The molecule has 3 heterocycles. The molecule has 2 aromatic carbocycles. The van der Waals surface area contributed by atoms with Gasteiger partial charge in [0.15, 0.2) is 23.0 Å². The van der Waals surface area contributed by atoms with Crippen LogP contribution in [0.5, 0.6) is 23.0 Å². The van der Waals surface area contributed by atoms with Crippen LogP contribution in [0.3, 0.4) is 0 Å². The molecule has 0 fully saturated rings. The summed E-state index contributed by atoms with van der Waals surface area (Å²) in [7, 11) is 3.09. The molecule has 10 heteroatoms. The second-order valence-corrected chi connectivity index (χ2v) is 5.96. The maximum atomic E-state index is 5.42. The van der Waals surface area contributed by atoms with Crippen molar-refractivity contribution < 1.29 is 28.0 Å². The lowest BCUT2D eigenvalue weighted by atomic mass is 10.1. The molecule has 5 rings (SSSR count). The lowest BCUT2D eigenvalue weighted by molar-refractivity contribution is 0.174. The van der Waals surface area contributed by atoms with Crippen molar-refractivity contribution in [3.05, 3.63) is 36.4 Å². The van der Waals surface area contributed by atoms with Gasteiger partial charge in [0.1, 0.15) is 0 Å². The van der Waals surface area contributed by atoms with Crippen molar-refractivity contribution in [3.8, 4) is 57.6 Å². The first kappa shape index (κ1) is 17.0. The van der Waals surface area contributed by atoms with Crippen LogP contribution in [0.1, 0.15) is 0 Å². The minimum atomic E-state index is 0.0874. The van der Waals surface area contributed by atoms with Crippen molar-refractivity contribution in [1.82, 2.24) is 20.3 Å². The molecular weight excluding hydrogens is 380 g/mol. The van der Waals surface area contributed by atoms with Gasteiger partial charge in [-0.15, -0.1) is 0 Å². The molecule has 2 aromatic heterocycles. The van der Waals surface area contributed by atoms with Crippen LogP contribution in [0.4, 0.5) is 0 Å². The number of para-hydroxylation sites is 1. The largest absolute Gasteiger partial charge is 0.493 e. The number of fused-ring (bicyclic) bond motifs is 1. The number of rotatable bonds is 5. The summed E-state index contributed by atoms with van der Waals surface area (Å²) < 4.78 is 32.0.